The number of phenols is 1. The highest BCUT2D eigenvalue weighted by molar-refractivity contribution is 5.97. The number of carbonyl (C=O) groups excluding carboxylic acids is 4. The first-order chi connectivity index (χ1) is 18.7. The van der Waals surface area contributed by atoms with Crippen LogP contribution in [0.1, 0.15) is 73.8 Å². The molecule has 4 N–H and O–H groups in total. The number of aromatic hydroxyl groups is 1. The van der Waals surface area contributed by atoms with Gasteiger partial charge in [-0.1, -0.05) is 33.1 Å². The van der Waals surface area contributed by atoms with Gasteiger partial charge in [0.1, 0.15) is 22.8 Å². The number of benzene rings is 1. The van der Waals surface area contributed by atoms with Crippen molar-refractivity contribution >= 4 is 24.2 Å². The molecule has 0 spiro atoms. The molecule has 1 aromatic carbocycles. The third kappa shape index (κ3) is 8.21. The highest BCUT2D eigenvalue weighted by Crippen LogP contribution is 2.35. The summed E-state index contributed by atoms with van der Waals surface area (Å²) in [5.41, 5.74) is 0.236. The van der Waals surface area contributed by atoms with E-state index in [1.54, 1.807) is 13.8 Å². The van der Waals surface area contributed by atoms with Gasteiger partial charge in [-0.15, -0.1) is 0 Å². The average Bonchev–Trinajstić information content (AvgIpc) is 3.42. The fourth-order valence-electron chi connectivity index (χ4n) is 4.21. The van der Waals surface area contributed by atoms with Gasteiger partial charge >= 0.3 is 5.97 Å². The third-order valence-corrected chi connectivity index (χ3v) is 6.18. The number of phenolic OH excluding ortho intramolecular Hbond substituents is 1. The first kappa shape index (κ1) is 31.2. The molecule has 0 aliphatic heterocycles. The summed E-state index contributed by atoms with van der Waals surface area (Å²) in [5.74, 6) is -2.51. The second kappa shape index (κ2) is 15.4. The normalized spacial score (nSPS) is 12.2. The minimum absolute atomic E-state index is 0.0536. The molecular formula is C27H37N3O9. The zero-order valence-corrected chi connectivity index (χ0v) is 22.7. The van der Waals surface area contributed by atoms with Gasteiger partial charge in [0.15, 0.2) is 5.76 Å². The van der Waals surface area contributed by atoms with Gasteiger partial charge in [0, 0.05) is 5.56 Å². The number of hydrogen-bond acceptors (Lipinski definition) is 9. The number of esters is 1. The Morgan fingerprint density at radius 2 is 1.87 bits per heavy atom. The van der Waals surface area contributed by atoms with Crippen LogP contribution < -0.4 is 15.4 Å². The monoisotopic (exact) mass is 547 g/mol. The Labute approximate surface area is 227 Å². The number of methoxy groups -OCH3 is 1. The maximum atomic E-state index is 12.9. The zero-order valence-electron chi connectivity index (χ0n) is 22.7. The van der Waals surface area contributed by atoms with Gasteiger partial charge in [0.25, 0.3) is 5.91 Å². The molecule has 2 aromatic rings. The number of ether oxygens (including phenoxy) is 2. The summed E-state index contributed by atoms with van der Waals surface area (Å²) in [5, 5.41) is 26.0. The average molecular weight is 548 g/mol. The van der Waals surface area contributed by atoms with E-state index in [0.717, 1.165) is 19.3 Å². The van der Waals surface area contributed by atoms with Crippen LogP contribution >= 0.6 is 0 Å². The summed E-state index contributed by atoms with van der Waals surface area (Å²) >= 11 is 0. The van der Waals surface area contributed by atoms with Crippen LogP contribution in [-0.2, 0) is 14.3 Å². The van der Waals surface area contributed by atoms with Crippen LogP contribution in [0.5, 0.6) is 11.5 Å². The predicted molar refractivity (Wildman–Crippen MR) is 140 cm³/mol. The number of hydroxylamine groups is 2. The first-order valence-electron chi connectivity index (χ1n) is 12.9. The Hall–Kier alpha value is -4.06. The van der Waals surface area contributed by atoms with E-state index in [-0.39, 0.29) is 48.3 Å². The molecule has 0 unspecified atom stereocenters. The van der Waals surface area contributed by atoms with Crippen molar-refractivity contribution in [3.8, 4) is 22.8 Å². The number of unbranched alkanes of at least 4 members (excludes halogenated alkanes) is 2. The molecule has 3 amide bonds. The van der Waals surface area contributed by atoms with Crippen LogP contribution in [0.25, 0.3) is 11.3 Å². The van der Waals surface area contributed by atoms with Gasteiger partial charge in [-0.05, 0) is 44.0 Å². The smallest absolute Gasteiger partial charge is 0.345 e. The molecule has 2 atom stereocenters. The van der Waals surface area contributed by atoms with Gasteiger partial charge in [0.2, 0.25) is 12.3 Å². The lowest BCUT2D eigenvalue weighted by Crippen LogP contribution is -2.47. The second-order valence-corrected chi connectivity index (χ2v) is 8.74. The van der Waals surface area contributed by atoms with E-state index in [1.165, 1.54) is 31.4 Å². The van der Waals surface area contributed by atoms with Gasteiger partial charge in [-0.25, -0.2) is 9.86 Å². The zero-order chi connectivity index (χ0) is 28.9. The van der Waals surface area contributed by atoms with E-state index in [1.807, 2.05) is 6.92 Å². The van der Waals surface area contributed by atoms with Gasteiger partial charge in [0.05, 0.1) is 32.3 Å². The number of carbonyl (C=O) groups is 4. The SMILES string of the molecule is CCCCC[C@@H](C(=O)NCNC(=O)c1ccc(-c2cc(O)c(C(=O)OC)c(OCC)c2)o1)[C@@H](CC)N(O)C=O. The Kier molecular flexibility index (Phi) is 12.3. The van der Waals surface area contributed by atoms with E-state index in [4.69, 9.17) is 13.9 Å². The minimum Gasteiger partial charge on any atom is -0.507 e. The molecule has 1 heterocycles. The van der Waals surface area contributed by atoms with Crippen LogP contribution in [0.4, 0.5) is 0 Å². The van der Waals surface area contributed by atoms with Crippen LogP contribution in [0.15, 0.2) is 28.7 Å². The van der Waals surface area contributed by atoms with Crippen molar-refractivity contribution in [1.29, 1.82) is 0 Å². The van der Waals surface area contributed by atoms with Crippen molar-refractivity contribution < 1.29 is 43.4 Å². The molecule has 1 aromatic heterocycles. The van der Waals surface area contributed by atoms with E-state index in [2.05, 4.69) is 10.6 Å². The maximum Gasteiger partial charge on any atom is 0.345 e. The molecule has 0 fully saturated rings. The molecule has 0 radical (unpaired) electrons. The van der Waals surface area contributed by atoms with Crippen molar-refractivity contribution in [2.75, 3.05) is 20.4 Å². The Balaban J connectivity index is 2.09. The van der Waals surface area contributed by atoms with Crippen LogP contribution in [0, 0.1) is 5.92 Å². The van der Waals surface area contributed by atoms with Gasteiger partial charge < -0.3 is 29.6 Å². The molecule has 39 heavy (non-hydrogen) atoms. The van der Waals surface area contributed by atoms with Gasteiger partial charge in [-0.2, -0.15) is 0 Å². The van der Waals surface area contributed by atoms with Crippen LogP contribution in [0.3, 0.4) is 0 Å². The molecule has 0 saturated carbocycles. The largest absolute Gasteiger partial charge is 0.507 e. The summed E-state index contributed by atoms with van der Waals surface area (Å²) in [6.07, 6.45) is 3.74. The van der Waals surface area contributed by atoms with Gasteiger partial charge in [-0.3, -0.25) is 19.6 Å². The molecule has 0 aliphatic rings. The summed E-state index contributed by atoms with van der Waals surface area (Å²) in [6, 6.07) is 5.03. The highest BCUT2D eigenvalue weighted by atomic mass is 16.5. The fourth-order valence-corrected chi connectivity index (χ4v) is 4.21. The summed E-state index contributed by atoms with van der Waals surface area (Å²) in [7, 11) is 1.19. The van der Waals surface area contributed by atoms with Crippen molar-refractivity contribution in [1.82, 2.24) is 15.7 Å². The minimum atomic E-state index is -0.764. The fraction of sp³-hybridized carbons (Fsp3) is 0.481. The Morgan fingerprint density at radius 1 is 1.13 bits per heavy atom. The lowest BCUT2D eigenvalue weighted by atomic mass is 9.90. The van der Waals surface area contributed by atoms with E-state index in [0.29, 0.717) is 23.5 Å². The van der Waals surface area contributed by atoms with E-state index < -0.39 is 29.7 Å². The van der Waals surface area contributed by atoms with Crippen LogP contribution in [-0.4, -0.2) is 66.0 Å². The number of nitrogens with zero attached hydrogens (tertiary/aromatic N) is 1. The Morgan fingerprint density at radius 3 is 2.49 bits per heavy atom. The number of rotatable bonds is 16. The number of nitrogens with one attached hydrogen (secondary N) is 2. The standard InChI is InChI=1S/C27H37N3O9/c1-5-8-9-10-18(19(6-2)30(36)16-31)25(33)28-15-29-26(34)22-12-11-21(39-22)17-13-20(32)24(27(35)37-4)23(14-17)38-7-3/h11-14,16,18-19,32,36H,5-10,15H2,1-4H3,(H,28,33)(H,29,34)/t18-,19-/m1/s1. The summed E-state index contributed by atoms with van der Waals surface area (Å²) < 4.78 is 15.8. The maximum absolute atomic E-state index is 12.9. The molecule has 0 saturated heterocycles. The third-order valence-electron chi connectivity index (χ3n) is 6.18. The Bertz CT molecular complexity index is 1130. The lowest BCUT2D eigenvalue weighted by Gasteiger charge is -2.29. The second-order valence-electron chi connectivity index (χ2n) is 8.74. The van der Waals surface area contributed by atoms with Crippen LogP contribution in [0.2, 0.25) is 0 Å². The van der Waals surface area contributed by atoms with Crippen molar-refractivity contribution in [3.63, 3.8) is 0 Å². The van der Waals surface area contributed by atoms with Crippen molar-refractivity contribution in [3.05, 3.63) is 35.6 Å². The van der Waals surface area contributed by atoms with E-state index in [9.17, 15) is 29.5 Å². The summed E-state index contributed by atoms with van der Waals surface area (Å²) in [4.78, 5) is 48.6. The summed E-state index contributed by atoms with van der Waals surface area (Å²) in [6.45, 7) is 5.55. The number of hydrogen-bond donors (Lipinski definition) is 4. The molecule has 2 rings (SSSR count). The predicted octanol–water partition coefficient (Wildman–Crippen LogP) is 3.46. The molecule has 0 bridgehead atoms. The first-order valence-corrected chi connectivity index (χ1v) is 12.9. The molecule has 214 valence electrons. The lowest BCUT2D eigenvalue weighted by molar-refractivity contribution is -0.168. The van der Waals surface area contributed by atoms with E-state index >= 15 is 0 Å². The molecule has 0 aliphatic carbocycles. The molecular weight excluding hydrogens is 510 g/mol. The number of furan rings is 1. The molecule has 12 heteroatoms. The van der Waals surface area contributed by atoms with Crippen molar-refractivity contribution in [2.24, 2.45) is 5.92 Å². The number of amides is 3. The molecule has 12 nitrogen and oxygen atoms in total. The van der Waals surface area contributed by atoms with Crippen molar-refractivity contribution in [2.45, 2.75) is 58.9 Å². The topological polar surface area (TPSA) is 168 Å². The quantitative estimate of drug-likeness (QED) is 0.0614. The highest BCUT2D eigenvalue weighted by Gasteiger charge is 2.30.